The monoisotopic (exact) mass is 522 g/mol. The molecule has 1 saturated heterocycles. The van der Waals surface area contributed by atoms with E-state index in [0.29, 0.717) is 30.4 Å². The summed E-state index contributed by atoms with van der Waals surface area (Å²) in [5, 5.41) is 0. The summed E-state index contributed by atoms with van der Waals surface area (Å²) in [6, 6.07) is 22.1. The maximum Gasteiger partial charge on any atom is 0.268 e. The largest absolute Gasteiger partial charge is 0.497 e. The van der Waals surface area contributed by atoms with Gasteiger partial charge in [0, 0.05) is 19.2 Å². The summed E-state index contributed by atoms with van der Waals surface area (Å²) in [5.41, 5.74) is 2.43. The Morgan fingerprint density at radius 1 is 0.946 bits per heavy atom. The smallest absolute Gasteiger partial charge is 0.268 e. The minimum Gasteiger partial charge on any atom is -0.497 e. The Labute approximate surface area is 219 Å². The Morgan fingerprint density at radius 3 is 2.35 bits per heavy atom. The van der Waals surface area contributed by atoms with Crippen LogP contribution in [-0.4, -0.2) is 53.1 Å². The van der Waals surface area contributed by atoms with Crippen LogP contribution < -0.4 is 13.8 Å². The number of amides is 1. The highest BCUT2D eigenvalue weighted by Gasteiger charge is 2.33. The summed E-state index contributed by atoms with van der Waals surface area (Å²) in [7, 11) is -1.17. The molecule has 196 valence electrons. The fourth-order valence-corrected chi connectivity index (χ4v) is 6.39. The van der Waals surface area contributed by atoms with Crippen LogP contribution in [0.15, 0.2) is 77.7 Å². The predicted octanol–water partition coefficient (Wildman–Crippen LogP) is 4.69. The standard InChI is InChI=1S/C29H34N2O5S/c1-22-12-13-27(36-3)28(18-22)37(33,34)31(25-10-7-11-26(20-25)35-2)21-29(32)30-16-14-24(15-17-30)19-23-8-5-4-6-9-23/h4-13,18,20,24H,14-17,19,21H2,1-3H3. The summed E-state index contributed by atoms with van der Waals surface area (Å²) in [4.78, 5) is 15.3. The van der Waals surface area contributed by atoms with Crippen molar-refractivity contribution >= 4 is 21.6 Å². The van der Waals surface area contributed by atoms with Gasteiger partial charge in [-0.2, -0.15) is 0 Å². The fourth-order valence-electron chi connectivity index (χ4n) is 4.74. The van der Waals surface area contributed by atoms with Crippen molar-refractivity contribution in [3.63, 3.8) is 0 Å². The average Bonchev–Trinajstić information content (AvgIpc) is 2.92. The average molecular weight is 523 g/mol. The zero-order valence-corrected chi connectivity index (χ0v) is 22.4. The number of piperidine rings is 1. The first-order chi connectivity index (χ1) is 17.8. The van der Waals surface area contributed by atoms with E-state index < -0.39 is 10.0 Å². The molecule has 0 aromatic heterocycles. The molecular formula is C29H34N2O5S. The van der Waals surface area contributed by atoms with Crippen molar-refractivity contribution in [1.29, 1.82) is 0 Å². The zero-order valence-electron chi connectivity index (χ0n) is 21.6. The molecule has 8 heteroatoms. The van der Waals surface area contributed by atoms with E-state index in [0.717, 1.165) is 29.1 Å². The fraction of sp³-hybridized carbons (Fsp3) is 0.345. The number of nitrogens with zero attached hydrogens (tertiary/aromatic N) is 2. The van der Waals surface area contributed by atoms with Gasteiger partial charge in [0.05, 0.1) is 19.9 Å². The van der Waals surface area contributed by atoms with Crippen LogP contribution in [0.4, 0.5) is 5.69 Å². The highest BCUT2D eigenvalue weighted by Crippen LogP contribution is 2.32. The highest BCUT2D eigenvalue weighted by molar-refractivity contribution is 7.93. The maximum absolute atomic E-state index is 14.0. The third-order valence-electron chi connectivity index (χ3n) is 6.84. The zero-order chi connectivity index (χ0) is 26.4. The van der Waals surface area contributed by atoms with Gasteiger partial charge in [-0.15, -0.1) is 0 Å². The van der Waals surface area contributed by atoms with E-state index in [1.807, 2.05) is 25.1 Å². The molecule has 0 bridgehead atoms. The van der Waals surface area contributed by atoms with Crippen molar-refractivity contribution < 1.29 is 22.7 Å². The number of ether oxygens (including phenoxy) is 2. The van der Waals surface area contributed by atoms with Crippen LogP contribution in [0, 0.1) is 12.8 Å². The lowest BCUT2D eigenvalue weighted by Crippen LogP contribution is -2.46. The molecule has 1 aliphatic heterocycles. The predicted molar refractivity (Wildman–Crippen MR) is 145 cm³/mol. The van der Waals surface area contributed by atoms with Gasteiger partial charge in [-0.25, -0.2) is 8.42 Å². The van der Waals surface area contributed by atoms with Gasteiger partial charge < -0.3 is 14.4 Å². The Balaban J connectivity index is 1.56. The van der Waals surface area contributed by atoms with Crippen LogP contribution in [0.3, 0.4) is 0 Å². The van der Waals surface area contributed by atoms with Crippen molar-refractivity contribution in [1.82, 2.24) is 4.90 Å². The second-order valence-corrected chi connectivity index (χ2v) is 11.2. The number of hydrogen-bond acceptors (Lipinski definition) is 5. The number of carbonyl (C=O) groups is 1. The molecule has 7 nitrogen and oxygen atoms in total. The van der Waals surface area contributed by atoms with E-state index in [9.17, 15) is 13.2 Å². The second-order valence-electron chi connectivity index (χ2n) is 9.38. The van der Waals surface area contributed by atoms with Crippen molar-refractivity contribution in [2.75, 3.05) is 38.2 Å². The van der Waals surface area contributed by atoms with Crippen molar-refractivity contribution in [3.8, 4) is 11.5 Å². The van der Waals surface area contributed by atoms with Crippen LogP contribution in [0.1, 0.15) is 24.0 Å². The van der Waals surface area contributed by atoms with Gasteiger partial charge in [0.25, 0.3) is 10.0 Å². The van der Waals surface area contributed by atoms with Crippen molar-refractivity contribution in [2.45, 2.75) is 31.1 Å². The number of likely N-dealkylation sites (tertiary alicyclic amines) is 1. The minimum atomic E-state index is -4.12. The lowest BCUT2D eigenvalue weighted by molar-refractivity contribution is -0.130. The molecule has 0 N–H and O–H groups in total. The van der Waals surface area contributed by atoms with Crippen LogP contribution in [0.2, 0.25) is 0 Å². The molecule has 0 saturated carbocycles. The molecular weight excluding hydrogens is 488 g/mol. The first-order valence-corrected chi connectivity index (χ1v) is 13.9. The van der Waals surface area contributed by atoms with Gasteiger partial charge in [0.2, 0.25) is 5.91 Å². The number of hydrogen-bond donors (Lipinski definition) is 0. The molecule has 0 spiro atoms. The Morgan fingerprint density at radius 2 is 1.68 bits per heavy atom. The molecule has 0 radical (unpaired) electrons. The third kappa shape index (κ3) is 6.25. The summed E-state index contributed by atoms with van der Waals surface area (Å²) >= 11 is 0. The van der Waals surface area contributed by atoms with E-state index in [1.165, 1.54) is 19.8 Å². The lowest BCUT2D eigenvalue weighted by atomic mass is 9.90. The third-order valence-corrected chi connectivity index (χ3v) is 8.64. The van der Waals surface area contributed by atoms with Gasteiger partial charge in [0.15, 0.2) is 0 Å². The van der Waals surface area contributed by atoms with Crippen LogP contribution in [0.25, 0.3) is 0 Å². The number of sulfonamides is 1. The summed E-state index contributed by atoms with van der Waals surface area (Å²) in [6.45, 7) is 2.72. The highest BCUT2D eigenvalue weighted by atomic mass is 32.2. The van der Waals surface area contributed by atoms with E-state index in [4.69, 9.17) is 9.47 Å². The first-order valence-electron chi connectivity index (χ1n) is 12.4. The number of benzene rings is 3. The van der Waals surface area contributed by atoms with Crippen LogP contribution in [0.5, 0.6) is 11.5 Å². The molecule has 1 heterocycles. The second kappa shape index (κ2) is 11.7. The molecule has 1 amide bonds. The molecule has 0 atom stereocenters. The van der Waals surface area contributed by atoms with Gasteiger partial charge in [0.1, 0.15) is 22.9 Å². The van der Waals surface area contributed by atoms with E-state index in [2.05, 4.69) is 12.1 Å². The molecule has 1 fully saturated rings. The molecule has 3 aromatic rings. The number of anilines is 1. The molecule has 0 aliphatic carbocycles. The Bertz CT molecular complexity index is 1320. The van der Waals surface area contributed by atoms with E-state index in [-0.39, 0.29) is 23.1 Å². The minimum absolute atomic E-state index is 0.0205. The summed E-state index contributed by atoms with van der Waals surface area (Å²) in [6.07, 6.45) is 2.76. The normalized spacial score (nSPS) is 14.3. The lowest BCUT2D eigenvalue weighted by Gasteiger charge is -2.34. The molecule has 0 unspecified atom stereocenters. The number of carbonyl (C=O) groups excluding carboxylic acids is 1. The maximum atomic E-state index is 14.0. The molecule has 3 aromatic carbocycles. The number of rotatable bonds is 9. The first kappa shape index (κ1) is 26.5. The Kier molecular flexibility index (Phi) is 8.38. The van der Waals surface area contributed by atoms with E-state index >= 15 is 0 Å². The quantitative estimate of drug-likeness (QED) is 0.408. The SMILES string of the molecule is COc1cccc(N(CC(=O)N2CCC(Cc3ccccc3)CC2)S(=O)(=O)c2cc(C)ccc2OC)c1. The number of methoxy groups -OCH3 is 2. The van der Waals surface area contributed by atoms with Crippen molar-refractivity contribution in [2.24, 2.45) is 5.92 Å². The summed E-state index contributed by atoms with van der Waals surface area (Å²) in [5.74, 6) is 1.01. The molecule has 37 heavy (non-hydrogen) atoms. The van der Waals surface area contributed by atoms with Crippen LogP contribution in [-0.2, 0) is 21.2 Å². The molecule has 4 rings (SSSR count). The Hall–Kier alpha value is -3.52. The van der Waals surface area contributed by atoms with E-state index in [1.54, 1.807) is 47.4 Å². The van der Waals surface area contributed by atoms with Gasteiger partial charge in [-0.05, 0) is 67.5 Å². The van der Waals surface area contributed by atoms with Crippen molar-refractivity contribution in [3.05, 3.63) is 83.9 Å². The summed E-state index contributed by atoms with van der Waals surface area (Å²) < 4.78 is 39.8. The number of aryl methyl sites for hydroxylation is 1. The van der Waals surface area contributed by atoms with Gasteiger partial charge >= 0.3 is 0 Å². The molecule has 1 aliphatic rings. The van der Waals surface area contributed by atoms with Crippen LogP contribution >= 0.6 is 0 Å². The van der Waals surface area contributed by atoms with Gasteiger partial charge in [-0.1, -0.05) is 42.5 Å². The van der Waals surface area contributed by atoms with Gasteiger partial charge in [-0.3, -0.25) is 9.10 Å². The topological polar surface area (TPSA) is 76.2 Å².